The summed E-state index contributed by atoms with van der Waals surface area (Å²) in [5.41, 5.74) is 1.38. The van der Waals surface area contributed by atoms with Crippen molar-refractivity contribution in [3.8, 4) is 0 Å². The number of nitrogens with zero attached hydrogens (tertiary/aromatic N) is 2. The van der Waals surface area contributed by atoms with Gasteiger partial charge in [0.2, 0.25) is 5.95 Å². The standard InChI is InChI=1S/C16H21FN6O/c1-3-18-15-21-11(2)10-14(23-15)19-8-9-20-16(24)22-13-6-4-12(17)5-7-13/h4-7,10H,3,8-9H2,1-2H3,(H2,20,22,24)(H2,18,19,21,23). The molecule has 1 heterocycles. The van der Waals surface area contributed by atoms with E-state index in [0.717, 1.165) is 12.2 Å². The van der Waals surface area contributed by atoms with E-state index in [2.05, 4.69) is 31.2 Å². The van der Waals surface area contributed by atoms with Crippen molar-refractivity contribution in [3.05, 3.63) is 41.8 Å². The highest BCUT2D eigenvalue weighted by Gasteiger charge is 2.03. The monoisotopic (exact) mass is 332 g/mol. The number of nitrogens with one attached hydrogen (secondary N) is 4. The van der Waals surface area contributed by atoms with Crippen molar-refractivity contribution in [2.75, 3.05) is 35.6 Å². The lowest BCUT2D eigenvalue weighted by molar-refractivity contribution is 0.252. The van der Waals surface area contributed by atoms with E-state index in [-0.39, 0.29) is 11.8 Å². The highest BCUT2D eigenvalue weighted by molar-refractivity contribution is 5.89. The molecule has 0 spiro atoms. The Balaban J connectivity index is 1.74. The molecule has 0 saturated heterocycles. The van der Waals surface area contributed by atoms with Gasteiger partial charge in [0.15, 0.2) is 0 Å². The van der Waals surface area contributed by atoms with E-state index in [1.165, 1.54) is 24.3 Å². The van der Waals surface area contributed by atoms with Gasteiger partial charge in [0.05, 0.1) is 0 Å². The molecule has 0 radical (unpaired) electrons. The van der Waals surface area contributed by atoms with E-state index in [1.54, 1.807) is 0 Å². The smallest absolute Gasteiger partial charge is 0.319 e. The molecular formula is C16H21FN6O. The molecule has 0 saturated carbocycles. The van der Waals surface area contributed by atoms with Crippen LogP contribution >= 0.6 is 0 Å². The van der Waals surface area contributed by atoms with Crippen molar-refractivity contribution in [2.45, 2.75) is 13.8 Å². The second kappa shape index (κ2) is 8.66. The molecule has 2 aromatic rings. The molecule has 0 bridgehead atoms. The number of aromatic nitrogens is 2. The second-order valence-corrected chi connectivity index (χ2v) is 5.06. The van der Waals surface area contributed by atoms with Crippen LogP contribution in [0.1, 0.15) is 12.6 Å². The van der Waals surface area contributed by atoms with Gasteiger partial charge in [-0.15, -0.1) is 0 Å². The van der Waals surface area contributed by atoms with Crippen molar-refractivity contribution in [1.82, 2.24) is 15.3 Å². The Morgan fingerprint density at radius 1 is 1.12 bits per heavy atom. The van der Waals surface area contributed by atoms with Gasteiger partial charge < -0.3 is 21.3 Å². The molecule has 1 aromatic heterocycles. The van der Waals surface area contributed by atoms with Crippen LogP contribution in [0.25, 0.3) is 0 Å². The van der Waals surface area contributed by atoms with Gasteiger partial charge in [0, 0.05) is 37.1 Å². The number of carbonyl (C=O) groups is 1. The van der Waals surface area contributed by atoms with Crippen molar-refractivity contribution in [3.63, 3.8) is 0 Å². The topological polar surface area (TPSA) is 91.0 Å². The van der Waals surface area contributed by atoms with Crippen LogP contribution in [0.4, 0.5) is 26.6 Å². The molecule has 0 fully saturated rings. The van der Waals surface area contributed by atoms with Crippen LogP contribution < -0.4 is 21.3 Å². The Morgan fingerprint density at radius 3 is 2.58 bits per heavy atom. The SMILES string of the molecule is CCNc1nc(C)cc(NCCNC(=O)Nc2ccc(F)cc2)n1. The van der Waals surface area contributed by atoms with Crippen molar-refractivity contribution >= 4 is 23.5 Å². The van der Waals surface area contributed by atoms with Crippen LogP contribution in [0.3, 0.4) is 0 Å². The summed E-state index contributed by atoms with van der Waals surface area (Å²) in [5, 5.41) is 11.5. The zero-order valence-corrected chi connectivity index (χ0v) is 13.7. The molecule has 0 atom stereocenters. The molecule has 7 nitrogen and oxygen atoms in total. The Bertz CT molecular complexity index is 677. The van der Waals surface area contributed by atoms with Gasteiger partial charge in [-0.1, -0.05) is 0 Å². The fourth-order valence-electron chi connectivity index (χ4n) is 1.97. The van der Waals surface area contributed by atoms with E-state index in [4.69, 9.17) is 0 Å². The second-order valence-electron chi connectivity index (χ2n) is 5.06. The van der Waals surface area contributed by atoms with Gasteiger partial charge in [-0.25, -0.2) is 14.2 Å². The molecule has 2 rings (SSSR count). The number of amides is 2. The average Bonchev–Trinajstić information content (AvgIpc) is 2.54. The van der Waals surface area contributed by atoms with Gasteiger partial charge in [-0.3, -0.25) is 0 Å². The molecular weight excluding hydrogens is 311 g/mol. The van der Waals surface area contributed by atoms with Crippen LogP contribution in [-0.2, 0) is 0 Å². The maximum Gasteiger partial charge on any atom is 0.319 e. The number of rotatable bonds is 7. The van der Waals surface area contributed by atoms with Crippen molar-refractivity contribution < 1.29 is 9.18 Å². The minimum Gasteiger partial charge on any atom is -0.368 e. The minimum absolute atomic E-state index is 0.345. The Kier molecular flexibility index (Phi) is 6.30. The zero-order valence-electron chi connectivity index (χ0n) is 13.7. The van der Waals surface area contributed by atoms with E-state index in [9.17, 15) is 9.18 Å². The van der Waals surface area contributed by atoms with Crippen molar-refractivity contribution in [2.24, 2.45) is 0 Å². The van der Waals surface area contributed by atoms with Crippen LogP contribution in [0.15, 0.2) is 30.3 Å². The quantitative estimate of drug-likeness (QED) is 0.585. The van der Waals surface area contributed by atoms with Crippen LogP contribution in [-0.4, -0.2) is 35.6 Å². The fraction of sp³-hybridized carbons (Fsp3) is 0.312. The third-order valence-corrected chi connectivity index (χ3v) is 3.01. The lowest BCUT2D eigenvalue weighted by Crippen LogP contribution is -2.32. The predicted octanol–water partition coefficient (Wildman–Crippen LogP) is 2.59. The van der Waals surface area contributed by atoms with Gasteiger partial charge in [0.25, 0.3) is 0 Å². The summed E-state index contributed by atoms with van der Waals surface area (Å²) in [4.78, 5) is 20.3. The van der Waals surface area contributed by atoms with Gasteiger partial charge in [-0.2, -0.15) is 4.98 Å². The molecule has 24 heavy (non-hydrogen) atoms. The predicted molar refractivity (Wildman–Crippen MR) is 92.8 cm³/mol. The summed E-state index contributed by atoms with van der Waals surface area (Å²) in [5.74, 6) is 0.920. The third kappa shape index (κ3) is 5.71. The number of aryl methyl sites for hydroxylation is 1. The maximum atomic E-state index is 12.8. The number of halogens is 1. The molecule has 4 N–H and O–H groups in total. The fourth-order valence-corrected chi connectivity index (χ4v) is 1.97. The number of hydrogen-bond donors (Lipinski definition) is 4. The summed E-state index contributed by atoms with van der Waals surface area (Å²) in [6.07, 6.45) is 0. The van der Waals surface area contributed by atoms with Gasteiger partial charge in [-0.05, 0) is 38.1 Å². The zero-order chi connectivity index (χ0) is 17.4. The number of anilines is 3. The van der Waals surface area contributed by atoms with E-state index in [1.807, 2.05) is 19.9 Å². The van der Waals surface area contributed by atoms with E-state index in [0.29, 0.717) is 30.5 Å². The van der Waals surface area contributed by atoms with Crippen molar-refractivity contribution in [1.29, 1.82) is 0 Å². The van der Waals surface area contributed by atoms with Crippen LogP contribution in [0, 0.1) is 12.7 Å². The average molecular weight is 332 g/mol. The molecule has 0 aliphatic carbocycles. The highest BCUT2D eigenvalue weighted by atomic mass is 19.1. The number of hydrogen-bond acceptors (Lipinski definition) is 5. The Morgan fingerprint density at radius 2 is 1.88 bits per heavy atom. The first-order chi connectivity index (χ1) is 11.6. The summed E-state index contributed by atoms with van der Waals surface area (Å²) in [6, 6.07) is 7.06. The molecule has 0 aliphatic rings. The lowest BCUT2D eigenvalue weighted by atomic mass is 10.3. The Hall–Kier alpha value is -2.90. The van der Waals surface area contributed by atoms with Crippen LogP contribution in [0.5, 0.6) is 0 Å². The molecule has 128 valence electrons. The number of urea groups is 1. The molecule has 0 aliphatic heterocycles. The highest BCUT2D eigenvalue weighted by Crippen LogP contribution is 2.09. The van der Waals surface area contributed by atoms with Gasteiger partial charge in [0.1, 0.15) is 11.6 Å². The molecule has 2 amide bonds. The summed E-state index contributed by atoms with van der Waals surface area (Å²) in [6.45, 7) is 5.53. The maximum absolute atomic E-state index is 12.8. The summed E-state index contributed by atoms with van der Waals surface area (Å²) in [7, 11) is 0. The summed E-state index contributed by atoms with van der Waals surface area (Å²) >= 11 is 0. The number of benzene rings is 1. The molecule has 0 unspecified atom stereocenters. The molecule has 1 aromatic carbocycles. The first-order valence-corrected chi connectivity index (χ1v) is 7.70. The number of carbonyl (C=O) groups excluding carboxylic acids is 1. The minimum atomic E-state index is -0.351. The van der Waals surface area contributed by atoms with Gasteiger partial charge >= 0.3 is 6.03 Å². The summed E-state index contributed by atoms with van der Waals surface area (Å²) < 4.78 is 12.8. The largest absolute Gasteiger partial charge is 0.368 e. The Labute approximate surface area is 140 Å². The van der Waals surface area contributed by atoms with E-state index >= 15 is 0 Å². The van der Waals surface area contributed by atoms with E-state index < -0.39 is 0 Å². The molecule has 8 heteroatoms. The first kappa shape index (κ1) is 17.5. The van der Waals surface area contributed by atoms with Crippen LogP contribution in [0.2, 0.25) is 0 Å². The third-order valence-electron chi connectivity index (χ3n) is 3.01. The first-order valence-electron chi connectivity index (χ1n) is 7.70. The lowest BCUT2D eigenvalue weighted by Gasteiger charge is -2.10. The normalized spacial score (nSPS) is 10.1.